The molecule has 0 spiro atoms. The third-order valence-electron chi connectivity index (χ3n) is 8.51. The highest BCUT2D eigenvalue weighted by Crippen LogP contribution is 2.35. The molecule has 1 amide bonds. The molecule has 2 atom stereocenters. The minimum atomic E-state index is -4.77. The Morgan fingerprint density at radius 2 is 1.65 bits per heavy atom. The van der Waals surface area contributed by atoms with Gasteiger partial charge in [0.15, 0.2) is 0 Å². The van der Waals surface area contributed by atoms with Crippen LogP contribution >= 0.6 is 0 Å². The summed E-state index contributed by atoms with van der Waals surface area (Å²) in [7, 11) is 3.44. The smallest absolute Gasteiger partial charge is 0.416 e. The molecule has 7 nitrogen and oxygen atoms in total. The number of hydrogen-bond acceptors (Lipinski definition) is 5. The summed E-state index contributed by atoms with van der Waals surface area (Å²) in [5.41, 5.74) is 2.80. The Balaban J connectivity index is 2.19. The zero-order valence-electron chi connectivity index (χ0n) is 29.3. The van der Waals surface area contributed by atoms with Gasteiger partial charge in [-0.25, -0.2) is 4.39 Å². The van der Waals surface area contributed by atoms with E-state index in [0.717, 1.165) is 33.0 Å². The number of alkyl halides is 3. The van der Waals surface area contributed by atoms with Crippen LogP contribution < -0.4 is 10.9 Å². The predicted octanol–water partition coefficient (Wildman–Crippen LogP) is 7.41. The summed E-state index contributed by atoms with van der Waals surface area (Å²) in [6, 6.07) is 5.39. The van der Waals surface area contributed by atoms with Gasteiger partial charge in [-0.1, -0.05) is 26.0 Å². The monoisotopic (exact) mass is 673 g/mol. The highest BCUT2D eigenvalue weighted by Gasteiger charge is 2.36. The van der Waals surface area contributed by atoms with Gasteiger partial charge in [-0.2, -0.15) is 13.2 Å². The van der Waals surface area contributed by atoms with Crippen molar-refractivity contribution >= 4 is 11.9 Å². The highest BCUT2D eigenvalue weighted by atomic mass is 19.4. The van der Waals surface area contributed by atoms with E-state index in [1.165, 1.54) is 0 Å². The number of aryl methyl sites for hydroxylation is 3. The van der Waals surface area contributed by atoms with Gasteiger partial charge in [0.05, 0.1) is 24.6 Å². The molecule has 11 heteroatoms. The molecule has 0 bridgehead atoms. The van der Waals surface area contributed by atoms with E-state index in [9.17, 15) is 27.6 Å². The summed E-state index contributed by atoms with van der Waals surface area (Å²) in [5, 5.41) is 2.79. The van der Waals surface area contributed by atoms with Crippen LogP contribution in [0.25, 0.3) is 11.1 Å². The van der Waals surface area contributed by atoms with Crippen LogP contribution in [0.5, 0.6) is 0 Å². The van der Waals surface area contributed by atoms with Crippen molar-refractivity contribution in [2.24, 2.45) is 5.92 Å². The molecule has 1 N–H and O–H groups in total. The van der Waals surface area contributed by atoms with Crippen LogP contribution in [-0.4, -0.2) is 48.6 Å². The first-order chi connectivity index (χ1) is 22.3. The molecular formula is C37H47F4N3O4. The van der Waals surface area contributed by atoms with E-state index >= 15 is 4.39 Å². The second-order valence-electron chi connectivity index (χ2n) is 13.1. The molecule has 262 valence electrons. The summed E-state index contributed by atoms with van der Waals surface area (Å²) in [5.74, 6) is -2.18. The lowest BCUT2D eigenvalue weighted by molar-refractivity contribution is -0.144. The van der Waals surface area contributed by atoms with Gasteiger partial charge in [0.25, 0.3) is 5.56 Å². The Morgan fingerprint density at radius 3 is 2.23 bits per heavy atom. The van der Waals surface area contributed by atoms with Gasteiger partial charge in [0.2, 0.25) is 5.91 Å². The van der Waals surface area contributed by atoms with Crippen molar-refractivity contribution < 1.29 is 31.9 Å². The average molecular weight is 674 g/mol. The van der Waals surface area contributed by atoms with Crippen LogP contribution in [-0.2, 0) is 26.9 Å². The van der Waals surface area contributed by atoms with E-state index in [4.69, 9.17) is 4.74 Å². The van der Waals surface area contributed by atoms with Crippen LogP contribution in [0.3, 0.4) is 0 Å². The van der Waals surface area contributed by atoms with Crippen molar-refractivity contribution in [3.63, 3.8) is 0 Å². The number of nitrogens with one attached hydrogen (secondary N) is 1. The Bertz CT molecular complexity index is 1700. The van der Waals surface area contributed by atoms with Gasteiger partial charge in [-0.05, 0) is 119 Å². The topological polar surface area (TPSA) is 80.6 Å². The van der Waals surface area contributed by atoms with E-state index in [0.29, 0.717) is 17.2 Å². The molecule has 0 aliphatic heterocycles. The molecule has 0 fully saturated rings. The standard InChI is InChI=1S/C37H47F4N3O4/c1-10-48-33(46)19-30(28-17-27(16-24(6)35(28)38)34-23(5)12-11-22(4)25(34)7)42-36(47)31(15-21(2)3)44-20-26(13-14-43(8)9)29(18-32(44)45)37(39,40)41/h11-12,16-18,20-21,30-31H,10,13-15,19H2,1-9H3,(H,42,47)/t30-,31?/m0/s1. The third kappa shape index (κ3) is 9.33. The fraction of sp³-hybridized carbons (Fsp3) is 0.486. The number of carbonyl (C=O) groups excluding carboxylic acids is 2. The number of ether oxygens (including phenoxy) is 1. The molecule has 0 aliphatic rings. The van der Waals surface area contributed by atoms with Crippen LogP contribution in [0.2, 0.25) is 0 Å². The maximum Gasteiger partial charge on any atom is 0.416 e. The van der Waals surface area contributed by atoms with Crippen LogP contribution in [0.1, 0.15) is 84.6 Å². The van der Waals surface area contributed by atoms with Gasteiger partial charge in [-0.3, -0.25) is 14.4 Å². The molecule has 0 saturated carbocycles. The van der Waals surface area contributed by atoms with Crippen molar-refractivity contribution in [3.05, 3.63) is 91.6 Å². The number of halogens is 4. The summed E-state index contributed by atoms with van der Waals surface area (Å²) in [6.07, 6.45) is -3.99. The number of pyridine rings is 1. The highest BCUT2D eigenvalue weighted by molar-refractivity contribution is 5.82. The fourth-order valence-corrected chi connectivity index (χ4v) is 5.92. The van der Waals surface area contributed by atoms with E-state index < -0.39 is 53.5 Å². The molecule has 1 heterocycles. The molecule has 3 rings (SSSR count). The minimum absolute atomic E-state index is 0.0152. The summed E-state index contributed by atoms with van der Waals surface area (Å²) in [4.78, 5) is 41.9. The Hall–Kier alpha value is -3.99. The Kier molecular flexibility index (Phi) is 12.8. The molecule has 1 aromatic heterocycles. The van der Waals surface area contributed by atoms with E-state index in [2.05, 4.69) is 5.32 Å². The summed E-state index contributed by atoms with van der Waals surface area (Å²) < 4.78 is 64.1. The molecular weight excluding hydrogens is 626 g/mol. The quantitative estimate of drug-likeness (QED) is 0.151. The largest absolute Gasteiger partial charge is 0.466 e. The zero-order chi connectivity index (χ0) is 36.1. The molecule has 2 aromatic carbocycles. The normalized spacial score (nSPS) is 13.1. The number of carbonyl (C=O) groups is 2. The minimum Gasteiger partial charge on any atom is -0.466 e. The Morgan fingerprint density at radius 1 is 1.00 bits per heavy atom. The fourth-order valence-electron chi connectivity index (χ4n) is 5.92. The van der Waals surface area contributed by atoms with Gasteiger partial charge >= 0.3 is 12.1 Å². The maximum atomic E-state index is 16.0. The number of aromatic nitrogens is 1. The molecule has 48 heavy (non-hydrogen) atoms. The SMILES string of the molecule is CCOC(=O)C[C@H](NC(=O)C(CC(C)C)n1cc(CCN(C)C)c(C(F)(F)F)cc1=O)c1cc(-c2c(C)ccc(C)c2C)cc(C)c1F. The number of hydrogen-bond donors (Lipinski definition) is 1. The summed E-state index contributed by atoms with van der Waals surface area (Å²) >= 11 is 0. The van der Waals surface area contributed by atoms with E-state index in [1.54, 1.807) is 45.0 Å². The third-order valence-corrected chi connectivity index (χ3v) is 8.51. The van der Waals surface area contributed by atoms with Crippen LogP contribution in [0.4, 0.5) is 17.6 Å². The van der Waals surface area contributed by atoms with Gasteiger partial charge in [0, 0.05) is 24.4 Å². The molecule has 1 unspecified atom stereocenters. The molecule has 3 aromatic rings. The lowest BCUT2D eigenvalue weighted by Gasteiger charge is -2.27. The Labute approximate surface area is 280 Å². The number of amides is 1. The molecule has 0 saturated heterocycles. The van der Waals surface area contributed by atoms with Crippen molar-refractivity contribution in [1.82, 2.24) is 14.8 Å². The van der Waals surface area contributed by atoms with Gasteiger partial charge in [0.1, 0.15) is 11.9 Å². The number of rotatable bonds is 13. The first-order valence-corrected chi connectivity index (χ1v) is 16.2. The van der Waals surface area contributed by atoms with Gasteiger partial charge in [-0.15, -0.1) is 0 Å². The lowest BCUT2D eigenvalue weighted by Crippen LogP contribution is -2.41. The lowest BCUT2D eigenvalue weighted by atomic mass is 9.89. The number of benzene rings is 2. The number of esters is 1. The van der Waals surface area contributed by atoms with Gasteiger partial charge < -0.3 is 19.5 Å². The van der Waals surface area contributed by atoms with Crippen molar-refractivity contribution in [3.8, 4) is 11.1 Å². The first-order valence-electron chi connectivity index (χ1n) is 16.2. The summed E-state index contributed by atoms with van der Waals surface area (Å²) in [6.45, 7) is 13.1. The number of likely N-dealkylation sites (N-methyl/N-ethyl adjacent to an activating group) is 1. The van der Waals surface area contributed by atoms with Crippen molar-refractivity contribution in [2.45, 2.75) is 86.0 Å². The van der Waals surface area contributed by atoms with Crippen LogP contribution in [0.15, 0.2) is 41.3 Å². The number of nitrogens with zero attached hydrogens (tertiary/aromatic N) is 2. The second-order valence-corrected chi connectivity index (χ2v) is 13.1. The van der Waals surface area contributed by atoms with Crippen molar-refractivity contribution in [1.29, 1.82) is 0 Å². The van der Waals surface area contributed by atoms with E-state index in [-0.39, 0.29) is 43.0 Å². The molecule has 0 radical (unpaired) electrons. The van der Waals surface area contributed by atoms with Crippen molar-refractivity contribution in [2.75, 3.05) is 27.2 Å². The zero-order valence-corrected chi connectivity index (χ0v) is 29.3. The first kappa shape index (κ1) is 38.5. The second kappa shape index (κ2) is 15.9. The average Bonchev–Trinajstić information content (AvgIpc) is 2.98. The molecule has 0 aliphatic carbocycles. The van der Waals surface area contributed by atoms with E-state index in [1.807, 2.05) is 46.8 Å². The van der Waals surface area contributed by atoms with Crippen LogP contribution in [0, 0.1) is 39.4 Å². The maximum absolute atomic E-state index is 16.0. The predicted molar refractivity (Wildman–Crippen MR) is 179 cm³/mol.